The van der Waals surface area contributed by atoms with E-state index in [4.69, 9.17) is 4.74 Å². The summed E-state index contributed by atoms with van der Waals surface area (Å²) in [4.78, 5) is 13.9. The Bertz CT molecular complexity index is 427. The first-order valence-electron chi connectivity index (χ1n) is 7.55. The molecule has 1 unspecified atom stereocenters. The number of methoxy groups -OCH3 is 1. The van der Waals surface area contributed by atoms with Gasteiger partial charge in [0.15, 0.2) is 0 Å². The van der Waals surface area contributed by atoms with Crippen LogP contribution in [-0.4, -0.2) is 36.9 Å². The molecule has 0 bridgehead atoms. The predicted molar refractivity (Wildman–Crippen MR) is 81.2 cm³/mol. The first-order chi connectivity index (χ1) is 9.69. The molecule has 1 saturated heterocycles. The van der Waals surface area contributed by atoms with Crippen molar-refractivity contribution in [2.75, 3.05) is 20.2 Å². The Kier molecular flexibility index (Phi) is 5.60. The first-order valence-corrected chi connectivity index (χ1v) is 7.55. The van der Waals surface area contributed by atoms with Gasteiger partial charge in [-0.1, -0.05) is 18.6 Å². The number of Topliss-reactive ketones (excluding diaryl/α,β-unsaturated/α-hetero) is 1. The van der Waals surface area contributed by atoms with Crippen LogP contribution in [0.1, 0.15) is 38.2 Å². The van der Waals surface area contributed by atoms with Crippen LogP contribution in [0.5, 0.6) is 5.75 Å². The van der Waals surface area contributed by atoms with Gasteiger partial charge >= 0.3 is 0 Å². The fraction of sp³-hybridized carbons (Fsp3) is 0.588. The Morgan fingerprint density at radius 3 is 2.70 bits per heavy atom. The summed E-state index contributed by atoms with van der Waals surface area (Å²) >= 11 is 0. The normalized spacial score (nSPS) is 19.8. The molecule has 3 nitrogen and oxygen atoms in total. The van der Waals surface area contributed by atoms with Crippen molar-refractivity contribution in [3.05, 3.63) is 29.8 Å². The van der Waals surface area contributed by atoms with Crippen LogP contribution in [-0.2, 0) is 11.2 Å². The minimum Gasteiger partial charge on any atom is -0.497 e. The number of hydrogen-bond donors (Lipinski definition) is 0. The molecule has 1 aromatic carbocycles. The summed E-state index contributed by atoms with van der Waals surface area (Å²) in [5.41, 5.74) is 1.33. The van der Waals surface area contributed by atoms with Gasteiger partial charge in [-0.3, -0.25) is 9.69 Å². The van der Waals surface area contributed by atoms with E-state index < -0.39 is 0 Å². The van der Waals surface area contributed by atoms with Crippen molar-refractivity contribution in [1.29, 1.82) is 0 Å². The molecule has 1 aliphatic heterocycles. The zero-order chi connectivity index (χ0) is 14.4. The molecule has 1 atom stereocenters. The van der Waals surface area contributed by atoms with Gasteiger partial charge in [0.05, 0.1) is 7.11 Å². The van der Waals surface area contributed by atoms with Crippen LogP contribution >= 0.6 is 0 Å². The van der Waals surface area contributed by atoms with E-state index >= 15 is 0 Å². The number of hydrogen-bond acceptors (Lipinski definition) is 3. The van der Waals surface area contributed by atoms with Crippen LogP contribution in [0, 0.1) is 0 Å². The zero-order valence-corrected chi connectivity index (χ0v) is 12.6. The second-order valence-electron chi connectivity index (χ2n) is 5.69. The van der Waals surface area contributed by atoms with Gasteiger partial charge < -0.3 is 4.74 Å². The van der Waals surface area contributed by atoms with Gasteiger partial charge in [0.2, 0.25) is 0 Å². The van der Waals surface area contributed by atoms with E-state index in [1.807, 2.05) is 12.1 Å². The van der Waals surface area contributed by atoms with Gasteiger partial charge in [-0.25, -0.2) is 0 Å². The number of rotatable bonds is 6. The van der Waals surface area contributed by atoms with Crippen molar-refractivity contribution in [3.8, 4) is 5.75 Å². The summed E-state index contributed by atoms with van der Waals surface area (Å²) in [5.74, 6) is 1.22. The minimum atomic E-state index is 0.311. The third-order valence-electron chi connectivity index (χ3n) is 4.12. The molecule has 0 spiro atoms. The van der Waals surface area contributed by atoms with Crippen molar-refractivity contribution < 1.29 is 9.53 Å². The maximum Gasteiger partial charge on any atom is 0.131 e. The molecular weight excluding hydrogens is 250 g/mol. The van der Waals surface area contributed by atoms with Crippen molar-refractivity contribution in [1.82, 2.24) is 4.90 Å². The fourth-order valence-electron chi connectivity index (χ4n) is 2.98. The van der Waals surface area contributed by atoms with Gasteiger partial charge in [-0.15, -0.1) is 0 Å². The Labute approximate surface area is 121 Å². The van der Waals surface area contributed by atoms with Gasteiger partial charge in [-0.2, -0.15) is 0 Å². The van der Waals surface area contributed by atoms with E-state index in [1.54, 1.807) is 14.0 Å². The van der Waals surface area contributed by atoms with Crippen molar-refractivity contribution in [2.45, 2.75) is 45.1 Å². The van der Waals surface area contributed by atoms with Crippen LogP contribution in [0.25, 0.3) is 0 Å². The Morgan fingerprint density at radius 1 is 1.30 bits per heavy atom. The van der Waals surface area contributed by atoms with E-state index in [2.05, 4.69) is 17.0 Å². The summed E-state index contributed by atoms with van der Waals surface area (Å²) in [6.07, 6.45) is 5.44. The van der Waals surface area contributed by atoms with Gasteiger partial charge in [-0.05, 0) is 50.4 Å². The summed E-state index contributed by atoms with van der Waals surface area (Å²) in [7, 11) is 1.69. The fourth-order valence-corrected chi connectivity index (χ4v) is 2.98. The average Bonchev–Trinajstić information content (AvgIpc) is 2.46. The van der Waals surface area contributed by atoms with Crippen molar-refractivity contribution in [2.24, 2.45) is 0 Å². The summed E-state index contributed by atoms with van der Waals surface area (Å²) in [5, 5.41) is 0. The monoisotopic (exact) mass is 275 g/mol. The second-order valence-corrected chi connectivity index (χ2v) is 5.69. The lowest BCUT2D eigenvalue weighted by molar-refractivity contribution is -0.118. The topological polar surface area (TPSA) is 29.5 Å². The highest BCUT2D eigenvalue weighted by Gasteiger charge is 2.22. The molecule has 1 aromatic rings. The first kappa shape index (κ1) is 15.0. The lowest BCUT2D eigenvalue weighted by Gasteiger charge is -2.35. The minimum absolute atomic E-state index is 0.311. The van der Waals surface area contributed by atoms with Crippen LogP contribution in [0.4, 0.5) is 0 Å². The molecule has 20 heavy (non-hydrogen) atoms. The molecule has 3 heteroatoms. The maximum atomic E-state index is 11.4. The SMILES string of the molecule is COc1ccc(CCN2CCCCC2CC(C)=O)cc1. The molecule has 1 fully saturated rings. The molecule has 1 heterocycles. The highest BCUT2D eigenvalue weighted by Crippen LogP contribution is 2.20. The third kappa shape index (κ3) is 4.34. The Morgan fingerprint density at radius 2 is 2.05 bits per heavy atom. The number of carbonyl (C=O) groups is 1. The van der Waals surface area contributed by atoms with E-state index in [0.717, 1.165) is 25.3 Å². The van der Waals surface area contributed by atoms with Gasteiger partial charge in [0.1, 0.15) is 11.5 Å². The molecule has 0 radical (unpaired) electrons. The summed E-state index contributed by atoms with van der Waals surface area (Å²) in [6, 6.07) is 8.74. The lowest BCUT2D eigenvalue weighted by Crippen LogP contribution is -2.41. The molecule has 0 N–H and O–H groups in total. The molecule has 0 saturated carbocycles. The van der Waals surface area contributed by atoms with E-state index in [1.165, 1.54) is 24.8 Å². The number of carbonyl (C=O) groups excluding carboxylic acids is 1. The van der Waals surface area contributed by atoms with Crippen LogP contribution in [0.3, 0.4) is 0 Å². The Balaban J connectivity index is 1.88. The highest BCUT2D eigenvalue weighted by molar-refractivity contribution is 5.76. The number of ketones is 1. The van der Waals surface area contributed by atoms with Crippen molar-refractivity contribution >= 4 is 5.78 Å². The van der Waals surface area contributed by atoms with Gasteiger partial charge in [0.25, 0.3) is 0 Å². The largest absolute Gasteiger partial charge is 0.497 e. The number of benzene rings is 1. The molecule has 1 aliphatic rings. The molecule has 110 valence electrons. The van der Waals surface area contributed by atoms with E-state index in [-0.39, 0.29) is 0 Å². The number of ether oxygens (including phenoxy) is 1. The van der Waals surface area contributed by atoms with Crippen molar-refractivity contribution in [3.63, 3.8) is 0 Å². The molecular formula is C17H25NO2. The second kappa shape index (κ2) is 7.44. The lowest BCUT2D eigenvalue weighted by atomic mass is 9.97. The maximum absolute atomic E-state index is 11.4. The van der Waals surface area contributed by atoms with E-state index in [0.29, 0.717) is 18.2 Å². The smallest absolute Gasteiger partial charge is 0.131 e. The Hall–Kier alpha value is -1.35. The predicted octanol–water partition coefficient (Wildman–Crippen LogP) is 3.07. The summed E-state index contributed by atoms with van der Waals surface area (Å²) < 4.78 is 5.18. The third-order valence-corrected chi connectivity index (χ3v) is 4.12. The van der Waals surface area contributed by atoms with Crippen LogP contribution < -0.4 is 4.74 Å². The van der Waals surface area contributed by atoms with Crippen LogP contribution in [0.2, 0.25) is 0 Å². The molecule has 0 amide bonds. The standard InChI is InChI=1S/C17H25NO2/c1-14(19)13-16-5-3-4-11-18(16)12-10-15-6-8-17(20-2)9-7-15/h6-9,16H,3-5,10-13H2,1-2H3. The zero-order valence-electron chi connectivity index (χ0n) is 12.6. The average molecular weight is 275 g/mol. The molecule has 0 aromatic heterocycles. The molecule has 2 rings (SSSR count). The number of nitrogens with zero attached hydrogens (tertiary/aromatic N) is 1. The quantitative estimate of drug-likeness (QED) is 0.799. The van der Waals surface area contributed by atoms with E-state index in [9.17, 15) is 4.79 Å². The highest BCUT2D eigenvalue weighted by atomic mass is 16.5. The summed E-state index contributed by atoms with van der Waals surface area (Å²) in [6.45, 7) is 3.88. The number of likely N-dealkylation sites (tertiary alicyclic amines) is 1. The molecule has 0 aliphatic carbocycles. The van der Waals surface area contributed by atoms with Crippen LogP contribution in [0.15, 0.2) is 24.3 Å². The van der Waals surface area contributed by atoms with Gasteiger partial charge in [0, 0.05) is 19.0 Å². The number of piperidine rings is 1.